The lowest BCUT2D eigenvalue weighted by Gasteiger charge is -2.07. The zero-order valence-corrected chi connectivity index (χ0v) is 9.03. The van der Waals surface area contributed by atoms with Gasteiger partial charge in [0, 0.05) is 13.5 Å². The maximum absolute atomic E-state index is 11.7. The standard InChI is InChI=1S/C12H13NO3/c1-3-8-13-12(15)10-6-4-5-7-11(10)16-9(2)14/h3-7H,1,8H2,2H3,(H,13,15). The third-order valence-electron chi connectivity index (χ3n) is 1.79. The van der Waals surface area contributed by atoms with Gasteiger partial charge in [-0.1, -0.05) is 18.2 Å². The molecule has 0 aliphatic carbocycles. The van der Waals surface area contributed by atoms with Gasteiger partial charge < -0.3 is 10.1 Å². The predicted octanol–water partition coefficient (Wildman–Crippen LogP) is 1.53. The highest BCUT2D eigenvalue weighted by Gasteiger charge is 2.12. The number of carbonyl (C=O) groups is 2. The Hall–Kier alpha value is -2.10. The van der Waals surface area contributed by atoms with E-state index in [9.17, 15) is 9.59 Å². The van der Waals surface area contributed by atoms with Gasteiger partial charge in [0.25, 0.3) is 5.91 Å². The van der Waals surface area contributed by atoms with Gasteiger partial charge in [-0.3, -0.25) is 9.59 Å². The van der Waals surface area contributed by atoms with Crippen LogP contribution in [-0.2, 0) is 4.79 Å². The van der Waals surface area contributed by atoms with Crippen LogP contribution in [-0.4, -0.2) is 18.4 Å². The molecular weight excluding hydrogens is 206 g/mol. The molecule has 1 aromatic rings. The number of para-hydroxylation sites is 1. The summed E-state index contributed by atoms with van der Waals surface area (Å²) in [6, 6.07) is 6.57. The minimum Gasteiger partial charge on any atom is -0.426 e. The van der Waals surface area contributed by atoms with E-state index in [1.54, 1.807) is 30.3 Å². The van der Waals surface area contributed by atoms with E-state index in [1.807, 2.05) is 0 Å². The zero-order valence-electron chi connectivity index (χ0n) is 9.03. The molecule has 0 heterocycles. The van der Waals surface area contributed by atoms with Crippen molar-refractivity contribution >= 4 is 11.9 Å². The molecule has 16 heavy (non-hydrogen) atoms. The van der Waals surface area contributed by atoms with Gasteiger partial charge in [0.2, 0.25) is 0 Å². The highest BCUT2D eigenvalue weighted by molar-refractivity contribution is 5.97. The van der Waals surface area contributed by atoms with Crippen molar-refractivity contribution in [1.82, 2.24) is 5.32 Å². The van der Waals surface area contributed by atoms with E-state index in [0.29, 0.717) is 12.1 Å². The van der Waals surface area contributed by atoms with Crippen molar-refractivity contribution in [2.75, 3.05) is 6.54 Å². The molecule has 1 aromatic carbocycles. The summed E-state index contributed by atoms with van der Waals surface area (Å²) < 4.78 is 4.92. The largest absolute Gasteiger partial charge is 0.426 e. The number of hydrogen-bond donors (Lipinski definition) is 1. The summed E-state index contributed by atoms with van der Waals surface area (Å²) in [7, 11) is 0. The molecule has 0 unspecified atom stereocenters. The molecule has 0 radical (unpaired) electrons. The van der Waals surface area contributed by atoms with E-state index in [-0.39, 0.29) is 11.7 Å². The Balaban J connectivity index is 2.89. The van der Waals surface area contributed by atoms with Crippen LogP contribution in [0.5, 0.6) is 5.75 Å². The average molecular weight is 219 g/mol. The molecule has 0 aliphatic rings. The summed E-state index contributed by atoms with van der Waals surface area (Å²) >= 11 is 0. The van der Waals surface area contributed by atoms with Crippen molar-refractivity contribution in [3.05, 3.63) is 42.5 Å². The first-order chi connectivity index (χ1) is 7.65. The summed E-state index contributed by atoms with van der Waals surface area (Å²) in [5, 5.41) is 2.61. The van der Waals surface area contributed by atoms with Gasteiger partial charge in [0.15, 0.2) is 0 Å². The highest BCUT2D eigenvalue weighted by Crippen LogP contribution is 2.17. The minimum atomic E-state index is -0.455. The van der Waals surface area contributed by atoms with Gasteiger partial charge in [0.05, 0.1) is 5.56 Å². The maximum atomic E-state index is 11.7. The van der Waals surface area contributed by atoms with E-state index in [1.165, 1.54) is 6.92 Å². The Morgan fingerprint density at radius 2 is 2.12 bits per heavy atom. The molecule has 0 saturated carbocycles. The van der Waals surface area contributed by atoms with Crippen molar-refractivity contribution in [1.29, 1.82) is 0 Å². The van der Waals surface area contributed by atoms with Crippen molar-refractivity contribution in [2.45, 2.75) is 6.92 Å². The molecule has 0 aliphatic heterocycles. The number of nitrogens with one attached hydrogen (secondary N) is 1. The summed E-state index contributed by atoms with van der Waals surface area (Å²) in [5.41, 5.74) is 0.333. The normalized spacial score (nSPS) is 9.31. The van der Waals surface area contributed by atoms with Crippen LogP contribution in [0, 0.1) is 0 Å². The van der Waals surface area contributed by atoms with E-state index in [4.69, 9.17) is 4.74 Å². The predicted molar refractivity (Wildman–Crippen MR) is 60.3 cm³/mol. The first-order valence-electron chi connectivity index (χ1n) is 4.81. The quantitative estimate of drug-likeness (QED) is 0.474. The highest BCUT2D eigenvalue weighted by atomic mass is 16.5. The fourth-order valence-electron chi connectivity index (χ4n) is 1.16. The van der Waals surface area contributed by atoms with Gasteiger partial charge in [-0.25, -0.2) is 0 Å². The van der Waals surface area contributed by atoms with Crippen LogP contribution in [0.1, 0.15) is 17.3 Å². The first kappa shape index (κ1) is 12.0. The van der Waals surface area contributed by atoms with Crippen molar-refractivity contribution in [3.8, 4) is 5.75 Å². The average Bonchev–Trinajstić information content (AvgIpc) is 2.26. The molecule has 0 atom stereocenters. The van der Waals surface area contributed by atoms with Crippen LogP contribution in [0.2, 0.25) is 0 Å². The van der Waals surface area contributed by atoms with Crippen molar-refractivity contribution < 1.29 is 14.3 Å². The Kier molecular flexibility index (Phi) is 4.27. The fraction of sp³-hybridized carbons (Fsp3) is 0.167. The van der Waals surface area contributed by atoms with Crippen LogP contribution in [0.25, 0.3) is 0 Å². The van der Waals surface area contributed by atoms with Crippen LogP contribution >= 0.6 is 0 Å². The van der Waals surface area contributed by atoms with Gasteiger partial charge in [-0.15, -0.1) is 6.58 Å². The maximum Gasteiger partial charge on any atom is 0.308 e. The van der Waals surface area contributed by atoms with Crippen LogP contribution in [0.3, 0.4) is 0 Å². The van der Waals surface area contributed by atoms with E-state index in [2.05, 4.69) is 11.9 Å². The number of amides is 1. The molecule has 4 nitrogen and oxygen atoms in total. The Morgan fingerprint density at radius 1 is 1.44 bits per heavy atom. The summed E-state index contributed by atoms with van der Waals surface area (Å²) in [6.45, 7) is 5.16. The smallest absolute Gasteiger partial charge is 0.308 e. The second kappa shape index (κ2) is 5.70. The zero-order chi connectivity index (χ0) is 12.0. The SMILES string of the molecule is C=CCNC(=O)c1ccccc1OC(C)=O. The molecule has 0 aromatic heterocycles. The third kappa shape index (κ3) is 3.24. The van der Waals surface area contributed by atoms with E-state index in [0.717, 1.165) is 0 Å². The lowest BCUT2D eigenvalue weighted by Crippen LogP contribution is -2.24. The van der Waals surface area contributed by atoms with Crippen molar-refractivity contribution in [2.24, 2.45) is 0 Å². The van der Waals surface area contributed by atoms with Gasteiger partial charge in [0.1, 0.15) is 5.75 Å². The van der Waals surface area contributed by atoms with Crippen molar-refractivity contribution in [3.63, 3.8) is 0 Å². The van der Waals surface area contributed by atoms with Gasteiger partial charge in [-0.05, 0) is 12.1 Å². The van der Waals surface area contributed by atoms with E-state index >= 15 is 0 Å². The summed E-state index contributed by atoms with van der Waals surface area (Å²) in [5.74, 6) is -0.489. The van der Waals surface area contributed by atoms with Crippen LogP contribution in [0.15, 0.2) is 36.9 Å². The molecule has 0 saturated heterocycles. The second-order valence-electron chi connectivity index (χ2n) is 3.09. The fourth-order valence-corrected chi connectivity index (χ4v) is 1.16. The minimum absolute atomic E-state index is 0.261. The molecular formula is C12H13NO3. The molecule has 4 heteroatoms. The number of benzene rings is 1. The van der Waals surface area contributed by atoms with E-state index < -0.39 is 5.97 Å². The number of esters is 1. The lowest BCUT2D eigenvalue weighted by molar-refractivity contribution is -0.131. The Bertz CT molecular complexity index is 412. The first-order valence-corrected chi connectivity index (χ1v) is 4.81. The number of ether oxygens (including phenoxy) is 1. The molecule has 1 amide bonds. The monoisotopic (exact) mass is 219 g/mol. The second-order valence-corrected chi connectivity index (χ2v) is 3.09. The molecule has 1 rings (SSSR count). The van der Waals surface area contributed by atoms with Crippen LogP contribution < -0.4 is 10.1 Å². The molecule has 1 N–H and O–H groups in total. The Labute approximate surface area is 93.9 Å². The number of hydrogen-bond acceptors (Lipinski definition) is 3. The summed E-state index contributed by atoms with van der Waals surface area (Å²) in [6.07, 6.45) is 1.58. The molecule has 0 fully saturated rings. The Morgan fingerprint density at radius 3 is 2.75 bits per heavy atom. The topological polar surface area (TPSA) is 55.4 Å². The molecule has 84 valence electrons. The molecule has 0 spiro atoms. The number of rotatable bonds is 4. The van der Waals surface area contributed by atoms with Gasteiger partial charge in [-0.2, -0.15) is 0 Å². The van der Waals surface area contributed by atoms with Gasteiger partial charge >= 0.3 is 5.97 Å². The number of carbonyl (C=O) groups excluding carboxylic acids is 2. The lowest BCUT2D eigenvalue weighted by atomic mass is 10.2. The summed E-state index contributed by atoms with van der Waals surface area (Å²) in [4.78, 5) is 22.5. The third-order valence-corrected chi connectivity index (χ3v) is 1.79. The molecule has 0 bridgehead atoms. The van der Waals surface area contributed by atoms with Crippen LogP contribution in [0.4, 0.5) is 0 Å².